The van der Waals surface area contributed by atoms with Crippen LogP contribution in [0.3, 0.4) is 0 Å². The van der Waals surface area contributed by atoms with Gasteiger partial charge in [0.2, 0.25) is 0 Å². The van der Waals surface area contributed by atoms with Gasteiger partial charge in [-0.05, 0) is 45.9 Å². The Bertz CT molecular complexity index is 556. The largest absolute Gasteiger partial charge is 0.483 e. The predicted octanol–water partition coefficient (Wildman–Crippen LogP) is 2.39. The van der Waals surface area contributed by atoms with Crippen molar-refractivity contribution in [1.29, 1.82) is 0 Å². The number of ether oxygens (including phenoxy) is 1. The molecule has 21 heavy (non-hydrogen) atoms. The van der Waals surface area contributed by atoms with Crippen LogP contribution in [-0.2, 0) is 9.59 Å². The second-order valence-corrected chi connectivity index (χ2v) is 5.80. The van der Waals surface area contributed by atoms with Crippen LogP contribution < -0.4 is 10.1 Å². The van der Waals surface area contributed by atoms with Gasteiger partial charge in [-0.1, -0.05) is 11.6 Å². The lowest BCUT2D eigenvalue weighted by molar-refractivity contribution is -0.131. The molecule has 0 aliphatic heterocycles. The minimum absolute atomic E-state index is 0.117. The van der Waals surface area contributed by atoms with E-state index in [-0.39, 0.29) is 18.1 Å². The van der Waals surface area contributed by atoms with Crippen molar-refractivity contribution >= 4 is 18.0 Å². The molecule has 1 rings (SSSR count). The van der Waals surface area contributed by atoms with E-state index in [9.17, 15) is 9.59 Å². The van der Waals surface area contributed by atoms with Crippen molar-refractivity contribution < 1.29 is 19.4 Å². The van der Waals surface area contributed by atoms with Crippen molar-refractivity contribution in [2.45, 2.75) is 33.2 Å². The number of aryl methyl sites for hydroxylation is 1. The first kappa shape index (κ1) is 16.8. The molecule has 0 atom stereocenters. The van der Waals surface area contributed by atoms with Gasteiger partial charge in [0, 0.05) is 17.2 Å². The lowest BCUT2D eigenvalue weighted by atomic mass is 10.1. The van der Waals surface area contributed by atoms with Gasteiger partial charge in [-0.15, -0.1) is 0 Å². The van der Waals surface area contributed by atoms with Gasteiger partial charge in [-0.2, -0.15) is 0 Å². The smallest absolute Gasteiger partial charge is 0.328 e. The number of carboxylic acids is 1. The normalized spacial score (nSPS) is 11.4. The third-order valence-corrected chi connectivity index (χ3v) is 2.44. The monoisotopic (exact) mass is 291 g/mol. The maximum Gasteiger partial charge on any atom is 0.328 e. The molecule has 1 aromatic carbocycles. The van der Waals surface area contributed by atoms with Gasteiger partial charge < -0.3 is 15.2 Å². The number of nitrogens with one attached hydrogen (secondary N) is 1. The highest BCUT2D eigenvalue weighted by atomic mass is 16.5. The number of aliphatic carboxylic acids is 1. The number of carboxylic acid groups (broad SMARTS) is 1. The highest BCUT2D eigenvalue weighted by Crippen LogP contribution is 2.21. The van der Waals surface area contributed by atoms with Crippen molar-refractivity contribution in [3.05, 3.63) is 35.4 Å². The molecular formula is C16H21NO4. The van der Waals surface area contributed by atoms with Crippen LogP contribution in [0, 0.1) is 6.92 Å². The van der Waals surface area contributed by atoms with E-state index < -0.39 is 5.97 Å². The number of carbonyl (C=O) groups excluding carboxylic acids is 1. The molecule has 0 saturated heterocycles. The topological polar surface area (TPSA) is 75.6 Å². The molecule has 1 aromatic rings. The Balaban J connectivity index is 2.79. The summed E-state index contributed by atoms with van der Waals surface area (Å²) in [6, 6.07) is 5.37. The Morgan fingerprint density at radius 1 is 1.33 bits per heavy atom. The molecule has 1 amide bonds. The SMILES string of the molecule is Cc1ccc(OCC(=O)NC(C)(C)C)c(C=CC(=O)O)c1. The Morgan fingerprint density at radius 2 is 2.00 bits per heavy atom. The van der Waals surface area contributed by atoms with Gasteiger partial charge in [-0.25, -0.2) is 4.79 Å². The van der Waals surface area contributed by atoms with Gasteiger partial charge in [-0.3, -0.25) is 4.79 Å². The third kappa shape index (κ3) is 6.61. The van der Waals surface area contributed by atoms with E-state index in [0.717, 1.165) is 11.6 Å². The molecule has 0 aliphatic carbocycles. The summed E-state index contributed by atoms with van der Waals surface area (Å²) in [5.41, 5.74) is 1.28. The number of rotatable bonds is 5. The van der Waals surface area contributed by atoms with Crippen molar-refractivity contribution in [3.63, 3.8) is 0 Å². The van der Waals surface area contributed by atoms with E-state index in [1.807, 2.05) is 33.8 Å². The van der Waals surface area contributed by atoms with Crippen LogP contribution in [0.5, 0.6) is 5.75 Å². The molecule has 0 aliphatic rings. The molecule has 0 saturated carbocycles. The standard InChI is InChI=1S/C16H21NO4/c1-11-5-7-13(12(9-11)6-8-15(19)20)21-10-14(18)17-16(2,3)4/h5-9H,10H2,1-4H3,(H,17,18)(H,19,20). The average Bonchev–Trinajstić information content (AvgIpc) is 2.33. The summed E-state index contributed by atoms with van der Waals surface area (Å²) >= 11 is 0. The van der Waals surface area contributed by atoms with Crippen LogP contribution in [0.2, 0.25) is 0 Å². The summed E-state index contributed by atoms with van der Waals surface area (Å²) in [4.78, 5) is 22.3. The molecule has 0 unspecified atom stereocenters. The van der Waals surface area contributed by atoms with E-state index in [0.29, 0.717) is 11.3 Å². The lowest BCUT2D eigenvalue weighted by Crippen LogP contribution is -2.43. The number of hydrogen-bond donors (Lipinski definition) is 2. The highest BCUT2D eigenvalue weighted by molar-refractivity contribution is 5.86. The van der Waals surface area contributed by atoms with Crippen molar-refractivity contribution in [3.8, 4) is 5.75 Å². The van der Waals surface area contributed by atoms with E-state index >= 15 is 0 Å². The number of benzene rings is 1. The van der Waals surface area contributed by atoms with E-state index in [2.05, 4.69) is 5.32 Å². The summed E-state index contributed by atoms with van der Waals surface area (Å²) in [7, 11) is 0. The Kier molecular flexibility index (Phi) is 5.52. The van der Waals surface area contributed by atoms with Gasteiger partial charge in [0.05, 0.1) is 0 Å². The zero-order chi connectivity index (χ0) is 16.0. The first-order chi connectivity index (χ1) is 9.67. The molecule has 0 aromatic heterocycles. The second-order valence-electron chi connectivity index (χ2n) is 5.80. The van der Waals surface area contributed by atoms with Crippen LogP contribution in [0.4, 0.5) is 0 Å². The quantitative estimate of drug-likeness (QED) is 0.817. The molecule has 0 fully saturated rings. The summed E-state index contributed by atoms with van der Waals surface area (Å²) in [6.45, 7) is 7.44. The minimum Gasteiger partial charge on any atom is -0.483 e. The average molecular weight is 291 g/mol. The third-order valence-electron chi connectivity index (χ3n) is 2.44. The summed E-state index contributed by atoms with van der Waals surface area (Å²) in [6.07, 6.45) is 2.49. The van der Waals surface area contributed by atoms with Gasteiger partial charge in [0.1, 0.15) is 5.75 Å². The molecule has 2 N–H and O–H groups in total. The van der Waals surface area contributed by atoms with E-state index in [1.54, 1.807) is 12.1 Å². The van der Waals surface area contributed by atoms with Crippen molar-refractivity contribution in [1.82, 2.24) is 5.32 Å². The summed E-state index contributed by atoms with van der Waals surface area (Å²) in [5, 5.41) is 11.5. The molecule has 5 heteroatoms. The first-order valence-electron chi connectivity index (χ1n) is 6.63. The van der Waals surface area contributed by atoms with Crippen LogP contribution in [0.1, 0.15) is 31.9 Å². The molecule has 114 valence electrons. The summed E-state index contributed by atoms with van der Waals surface area (Å²) < 4.78 is 5.48. The lowest BCUT2D eigenvalue weighted by Gasteiger charge is -2.20. The molecule has 0 bridgehead atoms. The van der Waals surface area contributed by atoms with Crippen molar-refractivity contribution in [2.75, 3.05) is 6.61 Å². The fourth-order valence-electron chi connectivity index (χ4n) is 1.69. The van der Waals surface area contributed by atoms with Gasteiger partial charge in [0.25, 0.3) is 5.91 Å². The highest BCUT2D eigenvalue weighted by Gasteiger charge is 2.14. The molecule has 0 spiro atoms. The Morgan fingerprint density at radius 3 is 2.57 bits per heavy atom. The van der Waals surface area contributed by atoms with Crippen LogP contribution in [0.25, 0.3) is 6.08 Å². The van der Waals surface area contributed by atoms with Crippen LogP contribution >= 0.6 is 0 Å². The van der Waals surface area contributed by atoms with E-state index in [4.69, 9.17) is 9.84 Å². The number of amides is 1. The first-order valence-corrected chi connectivity index (χ1v) is 6.63. The number of carbonyl (C=O) groups is 2. The molecule has 5 nitrogen and oxygen atoms in total. The molecule has 0 heterocycles. The molecule has 0 radical (unpaired) electrons. The Hall–Kier alpha value is -2.30. The maximum absolute atomic E-state index is 11.7. The minimum atomic E-state index is -1.03. The van der Waals surface area contributed by atoms with Crippen LogP contribution in [-0.4, -0.2) is 29.1 Å². The van der Waals surface area contributed by atoms with E-state index in [1.165, 1.54) is 6.08 Å². The van der Waals surface area contributed by atoms with Gasteiger partial charge in [0.15, 0.2) is 6.61 Å². The zero-order valence-electron chi connectivity index (χ0n) is 12.8. The van der Waals surface area contributed by atoms with Crippen molar-refractivity contribution in [2.24, 2.45) is 0 Å². The fourth-order valence-corrected chi connectivity index (χ4v) is 1.69. The molecular weight excluding hydrogens is 270 g/mol. The second kappa shape index (κ2) is 6.92. The maximum atomic E-state index is 11.7. The summed E-state index contributed by atoms with van der Waals surface area (Å²) in [5.74, 6) is -0.786. The van der Waals surface area contributed by atoms with Crippen LogP contribution in [0.15, 0.2) is 24.3 Å². The zero-order valence-corrected chi connectivity index (χ0v) is 12.8. The fraction of sp³-hybridized carbons (Fsp3) is 0.375. The Labute approximate surface area is 124 Å². The van der Waals surface area contributed by atoms with Gasteiger partial charge >= 0.3 is 5.97 Å². The number of hydrogen-bond acceptors (Lipinski definition) is 3. The predicted molar refractivity (Wildman–Crippen MR) is 81.2 cm³/mol.